The van der Waals surface area contributed by atoms with E-state index < -0.39 is 11.1 Å². The summed E-state index contributed by atoms with van der Waals surface area (Å²) < 4.78 is 24.6. The normalized spacial score (nSPS) is 11.6. The molecule has 9 heteroatoms. The number of nitrogens with one attached hydrogen (secondary N) is 1. The van der Waals surface area contributed by atoms with Crippen LogP contribution in [0.2, 0.25) is 0 Å². The van der Waals surface area contributed by atoms with E-state index in [-0.39, 0.29) is 11.6 Å². The first-order valence-corrected chi connectivity index (χ1v) is 12.2. The predicted octanol–water partition coefficient (Wildman–Crippen LogP) is 5.87. The van der Waals surface area contributed by atoms with E-state index in [2.05, 4.69) is 15.5 Å². The molecule has 1 unspecified atom stereocenters. The molecule has 1 amide bonds. The second-order valence-electron chi connectivity index (χ2n) is 7.73. The van der Waals surface area contributed by atoms with E-state index in [9.17, 15) is 9.18 Å². The fraction of sp³-hybridized carbons (Fsp3) is 0.185. The van der Waals surface area contributed by atoms with Crippen LogP contribution < -0.4 is 14.8 Å². The van der Waals surface area contributed by atoms with Crippen molar-refractivity contribution >= 4 is 23.4 Å². The van der Waals surface area contributed by atoms with E-state index in [1.54, 1.807) is 26.4 Å². The van der Waals surface area contributed by atoms with Gasteiger partial charge in [0.15, 0.2) is 0 Å². The Labute approximate surface area is 213 Å². The maximum atomic E-state index is 14.0. The Morgan fingerprint density at radius 2 is 1.47 bits per heavy atom. The highest BCUT2D eigenvalue weighted by atomic mass is 32.2. The lowest BCUT2D eigenvalue weighted by Crippen LogP contribution is -2.25. The number of nitrogens with zero attached hydrogens (tertiary/aromatic N) is 3. The molecule has 184 valence electrons. The van der Waals surface area contributed by atoms with Gasteiger partial charge in [0.05, 0.1) is 25.2 Å². The van der Waals surface area contributed by atoms with Crippen molar-refractivity contribution < 1.29 is 18.7 Å². The van der Waals surface area contributed by atoms with Crippen molar-refractivity contribution in [2.45, 2.75) is 23.8 Å². The lowest BCUT2D eigenvalue weighted by Gasteiger charge is -2.15. The number of aromatic nitrogens is 3. The summed E-state index contributed by atoms with van der Waals surface area (Å²) in [4.78, 5) is 17.6. The zero-order chi connectivity index (χ0) is 25.5. The lowest BCUT2D eigenvalue weighted by molar-refractivity contribution is -0.115. The minimum Gasteiger partial charge on any atom is -0.497 e. The Morgan fingerprint density at radius 3 is 2.03 bits per heavy atom. The number of carbonyl (C=O) groups excluding carboxylic acids is 1. The van der Waals surface area contributed by atoms with Gasteiger partial charge < -0.3 is 14.8 Å². The summed E-state index contributed by atoms with van der Waals surface area (Å²) in [6, 6.07) is 21.0. The molecular formula is C27H25FN4O3S. The SMILES string of the molecule is CCC(Sc1nnc(-c2ccc(OC)cc2)c(-c2ccc(OC)cc2)n1)C(=O)Nc1ccccc1F. The molecule has 4 rings (SSSR count). The van der Waals surface area contributed by atoms with Crippen LogP contribution in [0, 0.1) is 5.82 Å². The van der Waals surface area contributed by atoms with Crippen LogP contribution in [-0.4, -0.2) is 40.6 Å². The Hall–Kier alpha value is -3.98. The summed E-state index contributed by atoms with van der Waals surface area (Å²) >= 11 is 1.18. The first-order chi connectivity index (χ1) is 17.5. The number of para-hydroxylation sites is 1. The number of rotatable bonds is 9. The smallest absolute Gasteiger partial charge is 0.238 e. The minimum absolute atomic E-state index is 0.134. The van der Waals surface area contributed by atoms with Crippen molar-refractivity contribution in [2.24, 2.45) is 0 Å². The molecule has 3 aromatic carbocycles. The van der Waals surface area contributed by atoms with Crippen LogP contribution in [0.1, 0.15) is 13.3 Å². The average molecular weight is 505 g/mol. The molecule has 0 spiro atoms. The van der Waals surface area contributed by atoms with Crippen LogP contribution in [-0.2, 0) is 4.79 Å². The van der Waals surface area contributed by atoms with Gasteiger partial charge in [0.25, 0.3) is 0 Å². The molecule has 0 aliphatic heterocycles. The Bertz CT molecular complexity index is 1330. The maximum absolute atomic E-state index is 14.0. The standard InChI is InChI=1S/C27H25FN4O3S/c1-4-23(26(33)29-22-8-6-5-7-21(22)28)36-27-30-24(17-9-13-19(34-2)14-10-17)25(31-32-27)18-11-15-20(35-3)16-12-18/h5-16,23H,4H2,1-3H3,(H,29,33). The van der Waals surface area contributed by atoms with Gasteiger partial charge in [-0.05, 0) is 67.1 Å². The van der Waals surface area contributed by atoms with Gasteiger partial charge in [0.1, 0.15) is 28.7 Å². The molecule has 0 bridgehead atoms. The summed E-state index contributed by atoms with van der Waals surface area (Å²) in [5, 5.41) is 11.2. The van der Waals surface area contributed by atoms with Crippen molar-refractivity contribution in [3.63, 3.8) is 0 Å². The van der Waals surface area contributed by atoms with E-state index >= 15 is 0 Å². The fourth-order valence-corrected chi connectivity index (χ4v) is 4.30. The van der Waals surface area contributed by atoms with E-state index in [1.807, 2.05) is 55.5 Å². The summed E-state index contributed by atoms with van der Waals surface area (Å²) in [5.74, 6) is 0.623. The maximum Gasteiger partial charge on any atom is 0.238 e. The molecule has 1 atom stereocenters. The fourth-order valence-electron chi connectivity index (χ4n) is 3.48. The van der Waals surface area contributed by atoms with Gasteiger partial charge in [0.2, 0.25) is 11.1 Å². The number of benzene rings is 3. The Kier molecular flexibility index (Phi) is 8.12. The van der Waals surface area contributed by atoms with Crippen LogP contribution >= 0.6 is 11.8 Å². The van der Waals surface area contributed by atoms with Gasteiger partial charge in [-0.3, -0.25) is 4.79 Å². The highest BCUT2D eigenvalue weighted by molar-refractivity contribution is 8.00. The molecule has 0 radical (unpaired) electrons. The van der Waals surface area contributed by atoms with E-state index in [0.29, 0.717) is 23.0 Å². The average Bonchev–Trinajstić information content (AvgIpc) is 2.93. The topological polar surface area (TPSA) is 86.2 Å². The number of anilines is 1. The molecule has 7 nitrogen and oxygen atoms in total. The summed E-state index contributed by atoms with van der Waals surface area (Å²) in [5.41, 5.74) is 2.99. The molecule has 1 aromatic heterocycles. The number of hydrogen-bond donors (Lipinski definition) is 1. The summed E-state index contributed by atoms with van der Waals surface area (Å²) in [6.45, 7) is 1.88. The molecule has 0 saturated carbocycles. The highest BCUT2D eigenvalue weighted by Crippen LogP contribution is 2.33. The molecular weight excluding hydrogens is 479 g/mol. The number of methoxy groups -OCH3 is 2. The van der Waals surface area contributed by atoms with Crippen LogP contribution in [0.15, 0.2) is 78.0 Å². The molecule has 4 aromatic rings. The van der Waals surface area contributed by atoms with Gasteiger partial charge >= 0.3 is 0 Å². The molecule has 1 heterocycles. The van der Waals surface area contributed by atoms with Gasteiger partial charge in [-0.2, -0.15) is 0 Å². The molecule has 0 saturated heterocycles. The zero-order valence-electron chi connectivity index (χ0n) is 20.1. The third-order valence-corrected chi connectivity index (χ3v) is 6.65. The predicted molar refractivity (Wildman–Crippen MR) is 139 cm³/mol. The van der Waals surface area contributed by atoms with Crippen molar-refractivity contribution in [3.05, 3.63) is 78.6 Å². The largest absolute Gasteiger partial charge is 0.497 e. The van der Waals surface area contributed by atoms with Crippen LogP contribution in [0.5, 0.6) is 11.5 Å². The van der Waals surface area contributed by atoms with Gasteiger partial charge in [-0.25, -0.2) is 9.37 Å². The van der Waals surface area contributed by atoms with Crippen LogP contribution in [0.4, 0.5) is 10.1 Å². The summed E-state index contributed by atoms with van der Waals surface area (Å²) in [7, 11) is 3.22. The third kappa shape index (κ3) is 5.80. The van der Waals surface area contributed by atoms with E-state index in [1.165, 1.54) is 23.9 Å². The van der Waals surface area contributed by atoms with Crippen LogP contribution in [0.25, 0.3) is 22.5 Å². The van der Waals surface area contributed by atoms with Gasteiger partial charge in [-0.15, -0.1) is 10.2 Å². The number of thioether (sulfide) groups is 1. The number of amides is 1. The van der Waals surface area contributed by atoms with E-state index in [4.69, 9.17) is 14.5 Å². The molecule has 0 fully saturated rings. The lowest BCUT2D eigenvalue weighted by atomic mass is 10.0. The molecule has 0 aliphatic rings. The monoisotopic (exact) mass is 504 g/mol. The first kappa shape index (κ1) is 25.1. The zero-order valence-corrected chi connectivity index (χ0v) is 20.9. The van der Waals surface area contributed by atoms with Crippen molar-refractivity contribution in [2.75, 3.05) is 19.5 Å². The molecule has 1 N–H and O–H groups in total. The quantitative estimate of drug-likeness (QED) is 0.285. The Morgan fingerprint density at radius 1 is 0.889 bits per heavy atom. The van der Waals surface area contributed by atoms with Crippen molar-refractivity contribution in [3.8, 4) is 34.0 Å². The van der Waals surface area contributed by atoms with Crippen LogP contribution in [0.3, 0.4) is 0 Å². The van der Waals surface area contributed by atoms with Gasteiger partial charge in [0, 0.05) is 11.1 Å². The first-order valence-electron chi connectivity index (χ1n) is 11.3. The molecule has 0 aliphatic carbocycles. The number of halogens is 1. The number of ether oxygens (including phenoxy) is 2. The Balaban J connectivity index is 1.66. The second-order valence-corrected chi connectivity index (χ2v) is 8.90. The van der Waals surface area contributed by atoms with Crippen molar-refractivity contribution in [1.82, 2.24) is 15.2 Å². The second kappa shape index (κ2) is 11.6. The minimum atomic E-state index is -0.540. The summed E-state index contributed by atoms with van der Waals surface area (Å²) in [6.07, 6.45) is 0.492. The number of hydrogen-bond acceptors (Lipinski definition) is 7. The van der Waals surface area contributed by atoms with E-state index in [0.717, 1.165) is 22.6 Å². The highest BCUT2D eigenvalue weighted by Gasteiger charge is 2.22. The van der Waals surface area contributed by atoms with Crippen molar-refractivity contribution in [1.29, 1.82) is 0 Å². The third-order valence-electron chi connectivity index (χ3n) is 5.44. The molecule has 36 heavy (non-hydrogen) atoms. The van der Waals surface area contributed by atoms with Gasteiger partial charge in [-0.1, -0.05) is 30.8 Å². The number of carbonyl (C=O) groups is 1.